The van der Waals surface area contributed by atoms with Gasteiger partial charge in [-0.3, -0.25) is 0 Å². The van der Waals surface area contributed by atoms with Crippen LogP contribution >= 0.6 is 28.6 Å². The van der Waals surface area contributed by atoms with Crippen molar-refractivity contribution in [2.45, 2.75) is 0 Å². The Morgan fingerprint density at radius 2 is 0.439 bits per heavy atom. The van der Waals surface area contributed by atoms with E-state index >= 15 is 18.3 Å². The van der Waals surface area contributed by atoms with Gasteiger partial charge < -0.3 is 27.4 Å². The number of hydrogen-bond donors (Lipinski definition) is 0. The van der Waals surface area contributed by atoms with E-state index in [0.29, 0.717) is 33.3 Å². The highest BCUT2D eigenvalue weighted by atomic mass is 31.2. The smallest absolute Gasteiger partial charge is 0.174 e. The summed E-state index contributed by atoms with van der Waals surface area (Å²) >= 11 is 0. The summed E-state index contributed by atoms with van der Waals surface area (Å²) in [7, 11) is -13.0. The van der Waals surface area contributed by atoms with Crippen LogP contribution in [0.4, 0.5) is 0 Å². The van der Waals surface area contributed by atoms with Gasteiger partial charge in [-0.1, -0.05) is 267 Å². The van der Waals surface area contributed by atoms with Gasteiger partial charge in [-0.15, -0.1) is 0 Å². The number of fused-ring (bicyclic) bond motifs is 3. The highest BCUT2D eigenvalue weighted by Gasteiger charge is 2.37. The maximum atomic E-state index is 15.2. The molecule has 0 atom stereocenters. The lowest BCUT2D eigenvalue weighted by molar-refractivity contribution is 0.489. The standard InChI is InChI=1S/C36H26O3P2.C36H28O3P2/c37-40(27-13-5-1-6-14-27,28-15-7-2-8-16-28)31-21-23-35-33(25-31)34-26-32(22-24-36(34)39-35)41(38,29-17-9-3-10-18-29)30-19-11-4-12-20-30;37-40(29-17-5-1-6-18-29,30-19-7-2-8-20-30)35-27-15-13-25-33(35)39-34-26-14-16-28-36(34)41(38,31-21-9-3-10-22-31)32-23-11-4-12-24-32/h1-26H;1-28H. The second-order valence-corrected chi connectivity index (χ2v) is 30.6. The van der Waals surface area contributed by atoms with Crippen LogP contribution in [0.5, 0.6) is 11.5 Å². The minimum absolute atomic E-state index is 0.462. The molecule has 1 aromatic heterocycles. The maximum absolute atomic E-state index is 15.2. The molecule has 10 heteroatoms. The molecular weight excluding hydrogens is 1080 g/mol. The third kappa shape index (κ3) is 10.00. The fourth-order valence-corrected chi connectivity index (χ4v) is 21.6. The molecule has 0 spiro atoms. The molecule has 12 aromatic carbocycles. The van der Waals surface area contributed by atoms with Crippen LogP contribution in [0.15, 0.2) is 332 Å². The first-order chi connectivity index (χ1) is 40.2. The number of benzene rings is 12. The number of ether oxygens (including phenoxy) is 1. The molecule has 1 heterocycles. The number of para-hydroxylation sites is 2. The van der Waals surface area contributed by atoms with Gasteiger partial charge in [0.2, 0.25) is 0 Å². The van der Waals surface area contributed by atoms with Gasteiger partial charge in [0.1, 0.15) is 22.7 Å². The molecule has 0 saturated carbocycles. The van der Waals surface area contributed by atoms with E-state index in [4.69, 9.17) is 9.15 Å². The molecule has 13 aromatic rings. The van der Waals surface area contributed by atoms with Crippen molar-refractivity contribution >= 4 is 114 Å². The second-order valence-electron chi connectivity index (χ2n) is 19.6. The van der Waals surface area contributed by atoms with Crippen LogP contribution < -0.4 is 68.4 Å². The van der Waals surface area contributed by atoms with Gasteiger partial charge in [0.05, 0.1) is 10.6 Å². The quantitative estimate of drug-likeness (QED) is 0.101. The lowest BCUT2D eigenvalue weighted by atomic mass is 10.1. The Morgan fingerprint density at radius 3 is 0.695 bits per heavy atom. The Bertz CT molecular complexity index is 4060. The van der Waals surface area contributed by atoms with Gasteiger partial charge in [-0.25, -0.2) is 0 Å². The molecule has 0 aliphatic rings. The summed E-state index contributed by atoms with van der Waals surface area (Å²) in [6.07, 6.45) is 0. The molecule has 0 radical (unpaired) electrons. The number of hydrogen-bond acceptors (Lipinski definition) is 6. The van der Waals surface area contributed by atoms with E-state index in [1.165, 1.54) is 0 Å². The van der Waals surface area contributed by atoms with Crippen molar-refractivity contribution in [3.05, 3.63) is 328 Å². The van der Waals surface area contributed by atoms with E-state index in [9.17, 15) is 0 Å². The van der Waals surface area contributed by atoms with E-state index < -0.39 is 28.6 Å². The minimum atomic E-state index is -3.32. The minimum Gasteiger partial charge on any atom is -0.456 e. The Balaban J connectivity index is 0.000000162. The summed E-state index contributed by atoms with van der Waals surface area (Å²) in [4.78, 5) is 0. The van der Waals surface area contributed by atoms with Crippen LogP contribution in [0, 0.1) is 0 Å². The highest BCUT2D eigenvalue weighted by molar-refractivity contribution is 7.86. The van der Waals surface area contributed by atoms with E-state index in [1.54, 1.807) is 0 Å². The Hall–Kier alpha value is -8.84. The fraction of sp³-hybridized carbons (Fsp3) is 0. The first-order valence-electron chi connectivity index (χ1n) is 26.9. The first-order valence-corrected chi connectivity index (χ1v) is 33.7. The predicted molar refractivity (Wildman–Crippen MR) is 344 cm³/mol. The van der Waals surface area contributed by atoms with Crippen LogP contribution in [0.3, 0.4) is 0 Å². The van der Waals surface area contributed by atoms with Crippen LogP contribution in [-0.4, -0.2) is 0 Å². The van der Waals surface area contributed by atoms with Crippen molar-refractivity contribution in [3.8, 4) is 11.5 Å². The SMILES string of the molecule is O=P(c1ccccc1)(c1ccccc1)c1ccc2oc3ccc(P(=O)(c4ccccc4)c4ccccc4)cc3c2c1.O=P(c1ccccc1)(c1ccccc1)c1ccccc1Oc1ccccc1P(=O)(c1ccccc1)c1ccccc1. The lowest BCUT2D eigenvalue weighted by Gasteiger charge is -2.25. The fourth-order valence-electron chi connectivity index (χ4n) is 10.7. The first kappa shape index (κ1) is 53.8. The molecule has 0 aliphatic heterocycles. The van der Waals surface area contributed by atoms with Crippen molar-refractivity contribution in [1.29, 1.82) is 0 Å². The summed E-state index contributed by atoms with van der Waals surface area (Å²) in [5.74, 6) is 0.923. The predicted octanol–water partition coefficient (Wildman–Crippen LogP) is 13.6. The van der Waals surface area contributed by atoms with Crippen molar-refractivity contribution in [2.24, 2.45) is 0 Å². The van der Waals surface area contributed by atoms with Crippen LogP contribution in [0.1, 0.15) is 0 Å². The molecule has 0 unspecified atom stereocenters. The van der Waals surface area contributed by atoms with Crippen LogP contribution in [-0.2, 0) is 18.3 Å². The summed E-state index contributed by atoms with van der Waals surface area (Å²) in [5.41, 5.74) is 1.39. The molecule has 6 nitrogen and oxygen atoms in total. The average Bonchev–Trinajstić information content (AvgIpc) is 3.81. The summed E-state index contributed by atoms with van der Waals surface area (Å²) in [6, 6.07) is 103. The number of furan rings is 1. The molecule has 13 rings (SSSR count). The van der Waals surface area contributed by atoms with Gasteiger partial charge in [0.25, 0.3) is 0 Å². The highest BCUT2D eigenvalue weighted by Crippen LogP contribution is 2.49. The molecule has 0 amide bonds. The molecule has 0 N–H and O–H groups in total. The average molecular weight is 1140 g/mol. The Morgan fingerprint density at radius 1 is 0.220 bits per heavy atom. The van der Waals surface area contributed by atoms with E-state index in [-0.39, 0.29) is 0 Å². The second kappa shape index (κ2) is 23.3. The largest absolute Gasteiger partial charge is 0.456 e. The third-order valence-electron chi connectivity index (χ3n) is 14.8. The van der Waals surface area contributed by atoms with Gasteiger partial charge >= 0.3 is 0 Å². The molecule has 0 saturated heterocycles. The molecule has 82 heavy (non-hydrogen) atoms. The summed E-state index contributed by atoms with van der Waals surface area (Å²) in [6.45, 7) is 0. The topological polar surface area (TPSA) is 90.7 Å². The van der Waals surface area contributed by atoms with Crippen LogP contribution in [0.25, 0.3) is 21.9 Å². The van der Waals surface area contributed by atoms with Gasteiger partial charge in [0, 0.05) is 63.8 Å². The Kier molecular flexibility index (Phi) is 15.3. The van der Waals surface area contributed by atoms with Crippen molar-refractivity contribution < 1.29 is 27.4 Å². The zero-order chi connectivity index (χ0) is 56.0. The lowest BCUT2D eigenvalue weighted by Crippen LogP contribution is -2.27. The number of rotatable bonds is 14. The van der Waals surface area contributed by atoms with Crippen molar-refractivity contribution in [2.75, 3.05) is 0 Å². The van der Waals surface area contributed by atoms with Gasteiger partial charge in [-0.2, -0.15) is 0 Å². The molecular formula is C72H54O6P4. The van der Waals surface area contributed by atoms with Crippen molar-refractivity contribution in [3.63, 3.8) is 0 Å². The van der Waals surface area contributed by atoms with E-state index in [2.05, 4.69) is 0 Å². The molecule has 0 fully saturated rings. The van der Waals surface area contributed by atoms with E-state index in [1.807, 2.05) is 328 Å². The Labute approximate surface area is 477 Å². The molecule has 0 bridgehead atoms. The van der Waals surface area contributed by atoms with Gasteiger partial charge in [0.15, 0.2) is 28.6 Å². The van der Waals surface area contributed by atoms with Crippen LogP contribution in [0.2, 0.25) is 0 Å². The molecule has 0 aliphatic carbocycles. The third-order valence-corrected chi connectivity index (χ3v) is 27.1. The van der Waals surface area contributed by atoms with Crippen molar-refractivity contribution in [1.82, 2.24) is 0 Å². The van der Waals surface area contributed by atoms with Gasteiger partial charge in [-0.05, 0) is 60.7 Å². The molecule has 398 valence electrons. The summed E-state index contributed by atoms with van der Waals surface area (Å²) < 4.78 is 73.4. The zero-order valence-electron chi connectivity index (χ0n) is 44.4. The maximum Gasteiger partial charge on any atom is 0.174 e. The normalized spacial score (nSPS) is 11.9. The summed E-state index contributed by atoms with van der Waals surface area (Å²) in [5, 5.41) is 10.3. The zero-order valence-corrected chi connectivity index (χ0v) is 48.0. The van der Waals surface area contributed by atoms with E-state index in [0.717, 1.165) is 63.8 Å². The monoisotopic (exact) mass is 1140 g/mol.